The van der Waals surface area contributed by atoms with Gasteiger partial charge in [-0.1, -0.05) is 47.5 Å². The highest BCUT2D eigenvalue weighted by Gasteiger charge is 2.42. The normalized spacial score (nSPS) is 20.1. The predicted molar refractivity (Wildman–Crippen MR) is 331 cm³/mol. The Labute approximate surface area is 519 Å². The van der Waals surface area contributed by atoms with E-state index < -0.39 is 41.1 Å². The van der Waals surface area contributed by atoms with E-state index in [2.05, 4.69) is 40.4 Å². The van der Waals surface area contributed by atoms with Gasteiger partial charge in [0.05, 0.1) is 75.6 Å². The first-order chi connectivity index (χ1) is 37.9. The van der Waals surface area contributed by atoms with Crippen LogP contribution in [0.1, 0.15) is 51.7 Å². The van der Waals surface area contributed by atoms with E-state index in [1.807, 2.05) is 27.7 Å². The van der Waals surface area contributed by atoms with Gasteiger partial charge in [-0.05, 0) is 101 Å². The summed E-state index contributed by atoms with van der Waals surface area (Å²) >= 11 is 12.8. The van der Waals surface area contributed by atoms with E-state index in [0.29, 0.717) is 109 Å². The number of rotatable bonds is 9. The Morgan fingerprint density at radius 1 is 0.702 bits per heavy atom. The quantitative estimate of drug-likeness (QED) is 0.116. The average Bonchev–Trinajstić information content (AvgIpc) is 2.86. The Bertz CT molecular complexity index is 3240. The van der Waals surface area contributed by atoms with Crippen molar-refractivity contribution in [1.29, 1.82) is 0 Å². The molecule has 4 atom stereocenters. The van der Waals surface area contributed by atoms with Gasteiger partial charge in [-0.25, -0.2) is 24.7 Å². The van der Waals surface area contributed by atoms with Gasteiger partial charge in [-0.2, -0.15) is 80.3 Å². The number of halogens is 8. The van der Waals surface area contributed by atoms with Gasteiger partial charge >= 0.3 is 18.4 Å². The molecule has 84 heavy (non-hydrogen) atoms. The molecule has 0 radical (unpaired) electrons. The molecule has 6 aliphatic heterocycles. The molecule has 0 aliphatic carbocycles. The minimum atomic E-state index is -4.52. The predicted octanol–water partition coefficient (Wildman–Crippen LogP) is 12.0. The number of carbonyl (C=O) groups excluding carboxylic acids is 1. The van der Waals surface area contributed by atoms with Gasteiger partial charge in [0.2, 0.25) is 0 Å². The molecule has 0 unspecified atom stereocenters. The molecule has 29 heteroatoms. The minimum Gasteiger partial charge on any atom is -0.489 e. The van der Waals surface area contributed by atoms with E-state index in [0.717, 1.165) is 49.5 Å². The molecule has 10 heterocycles. The fourth-order valence-electron chi connectivity index (χ4n) is 9.95. The Kier molecular flexibility index (Phi) is 22.1. The topological polar surface area (TPSA) is 184 Å². The van der Waals surface area contributed by atoms with E-state index >= 15 is 0 Å². The minimum absolute atomic E-state index is 0. The number of ether oxygens (including phenoxy) is 6. The summed E-state index contributed by atoms with van der Waals surface area (Å²) in [6, 6.07) is 19.8. The number of hydrogen-bond acceptors (Lipinski definition) is 15. The number of benzene rings is 2. The maximum atomic E-state index is 13.6. The summed E-state index contributed by atoms with van der Waals surface area (Å²) in [5.74, 6) is 1.85. The van der Waals surface area contributed by atoms with Crippen molar-refractivity contribution >= 4 is 118 Å². The lowest BCUT2D eigenvalue weighted by Gasteiger charge is -2.36. The zero-order valence-electron chi connectivity index (χ0n) is 45.7. The third kappa shape index (κ3) is 16.1. The summed E-state index contributed by atoms with van der Waals surface area (Å²) in [5, 5.41) is 6.70. The number of fused-ring (bicyclic) bond motifs is 8. The second kappa shape index (κ2) is 27.5. The number of nitrogens with one attached hydrogen (secondary N) is 2. The van der Waals surface area contributed by atoms with Crippen LogP contribution in [0.4, 0.5) is 65.8 Å². The number of nitrogens with zero attached hydrogens (tertiary/aromatic N) is 7. The zero-order valence-corrected chi connectivity index (χ0v) is 51.2. The maximum Gasteiger partial charge on any atom is 0.416 e. The number of carbonyl (C=O) groups is 1. The number of amides is 2. The van der Waals surface area contributed by atoms with Crippen molar-refractivity contribution in [3.8, 4) is 34.0 Å². The van der Waals surface area contributed by atoms with Crippen LogP contribution < -0.4 is 40.5 Å². The van der Waals surface area contributed by atoms with Crippen LogP contribution in [0.3, 0.4) is 0 Å². The molecular formula is C55H64Cl2F6N10O7S4. The Morgan fingerprint density at radius 3 is 1.74 bits per heavy atom. The number of alkyl halides is 6. The standard InChI is InChI=1S/C28H27ClF3N5O4.C16H13ClF3N3.C11H16N2O3.4H2S/c1-27(2)40-15-20(41-27)14-39-19-6-7-23(33-12-19)34-26(38)37-18-8-9-36(13-18)22-11-21(29)24(35-25(22)37)16-4-3-5-17(10-16)28(30,31)32;17-12-7-13-15(21-11-4-5-23(13)8-11)22-14(12)9-2-1-3-10(6-9)16(18,19)20;1-11(2)15-7-9(16-11)6-14-8-3-4-10(12)13-5-8;;;;/h3-7,10-12,18,20H,8-9,13-15H2,1-2H3,(H,33,34,38);1-3,6-7,11H,4-5,8H2,(H,21,22);3-5,9H,6-7H2,1-2H3,(H2,12,13);4*1H2/t18-,20-;11-;9-;;;;/m000..../s1. The van der Waals surface area contributed by atoms with Crippen LogP contribution in [0.5, 0.6) is 11.5 Å². The fourth-order valence-corrected chi connectivity index (χ4v) is 10.5. The van der Waals surface area contributed by atoms with Gasteiger partial charge in [-0.3, -0.25) is 10.2 Å². The second-order valence-electron chi connectivity index (χ2n) is 20.6. The lowest BCUT2D eigenvalue weighted by Crippen LogP contribution is -2.48. The van der Waals surface area contributed by atoms with Gasteiger partial charge in [0.25, 0.3) is 0 Å². The molecule has 4 saturated heterocycles. The highest BCUT2D eigenvalue weighted by molar-refractivity contribution is 7.59. The highest BCUT2D eigenvalue weighted by Crippen LogP contribution is 2.45. The smallest absolute Gasteiger partial charge is 0.416 e. The molecule has 0 spiro atoms. The molecule has 4 aromatic heterocycles. The third-order valence-corrected chi connectivity index (χ3v) is 14.3. The Hall–Kier alpha value is -5.49. The maximum absolute atomic E-state index is 13.6. The molecule has 4 fully saturated rings. The molecule has 17 nitrogen and oxygen atoms in total. The molecule has 12 rings (SSSR count). The largest absolute Gasteiger partial charge is 0.489 e. The van der Waals surface area contributed by atoms with Crippen molar-refractivity contribution < 1.29 is 59.6 Å². The van der Waals surface area contributed by atoms with Crippen LogP contribution in [0.25, 0.3) is 22.5 Å². The first-order valence-corrected chi connectivity index (χ1v) is 26.4. The lowest BCUT2D eigenvalue weighted by molar-refractivity contribution is -0.141. The second-order valence-corrected chi connectivity index (χ2v) is 21.4. The van der Waals surface area contributed by atoms with Crippen molar-refractivity contribution in [3.05, 3.63) is 118 Å². The summed E-state index contributed by atoms with van der Waals surface area (Å²) < 4.78 is 112. The number of pyridine rings is 4. The number of nitrogen functional groups attached to an aromatic ring is 1. The summed E-state index contributed by atoms with van der Waals surface area (Å²) in [4.78, 5) is 36.7. The van der Waals surface area contributed by atoms with E-state index in [-0.39, 0.29) is 88.5 Å². The molecule has 2 amide bonds. The van der Waals surface area contributed by atoms with Crippen molar-refractivity contribution in [3.63, 3.8) is 0 Å². The molecule has 4 bridgehead atoms. The van der Waals surface area contributed by atoms with E-state index in [9.17, 15) is 31.1 Å². The Balaban J connectivity index is 0.000000222. The van der Waals surface area contributed by atoms with E-state index in [1.165, 1.54) is 29.3 Å². The summed E-state index contributed by atoms with van der Waals surface area (Å²) in [6.07, 6.45) is -4.32. The van der Waals surface area contributed by atoms with Crippen LogP contribution in [-0.4, -0.2) is 114 Å². The van der Waals surface area contributed by atoms with Gasteiger partial charge in [0.15, 0.2) is 23.2 Å². The third-order valence-electron chi connectivity index (χ3n) is 13.7. The summed E-state index contributed by atoms with van der Waals surface area (Å²) in [5.41, 5.74) is 6.61. The average molecular weight is 1290 g/mol. The molecule has 6 aliphatic rings. The van der Waals surface area contributed by atoms with Crippen molar-refractivity contribution in [2.24, 2.45) is 0 Å². The number of hydrogen-bond donors (Lipinski definition) is 3. The van der Waals surface area contributed by atoms with Crippen LogP contribution in [0.15, 0.2) is 97.3 Å². The van der Waals surface area contributed by atoms with Crippen molar-refractivity contribution in [1.82, 2.24) is 19.9 Å². The van der Waals surface area contributed by atoms with Crippen molar-refractivity contribution in [2.75, 3.05) is 83.7 Å². The number of anilines is 6. The van der Waals surface area contributed by atoms with Crippen molar-refractivity contribution in [2.45, 2.75) is 88.8 Å². The van der Waals surface area contributed by atoms with Gasteiger partial charge in [0, 0.05) is 43.3 Å². The van der Waals surface area contributed by atoms with Crippen LogP contribution in [0.2, 0.25) is 10.0 Å². The van der Waals surface area contributed by atoms with Crippen LogP contribution in [-0.2, 0) is 31.3 Å². The number of aromatic nitrogens is 4. The number of nitrogens with two attached hydrogens (primary N) is 1. The SMILES string of the molecule is CC1(C)OC[C@H](COc2ccc(N)nc2)O1.CC1(C)OC[C@H](COc2ccc(NC(=O)N3c4nc(-c5cccc(C(F)(F)F)c5)c(Cl)cc4N4CC[C@H]3C4)nc2)O1.FC(F)(F)c1cccc(-c2nc3c(cc2Cl)N2CC[C@@H](C2)N3)c1.S.S.S.S. The monoisotopic (exact) mass is 1290 g/mol. The molecule has 4 N–H and O–H groups in total. The van der Waals surface area contributed by atoms with E-state index in [1.54, 1.807) is 48.7 Å². The zero-order chi connectivity index (χ0) is 56.7. The van der Waals surface area contributed by atoms with Gasteiger partial charge < -0.3 is 49.3 Å². The molecule has 6 aromatic rings. The van der Waals surface area contributed by atoms with Crippen LogP contribution in [0, 0.1) is 0 Å². The van der Waals surface area contributed by atoms with E-state index in [4.69, 9.17) is 57.4 Å². The first-order valence-electron chi connectivity index (χ1n) is 25.6. The molecule has 2 aromatic carbocycles. The fraction of sp³-hybridized carbons (Fsp3) is 0.400. The summed E-state index contributed by atoms with van der Waals surface area (Å²) in [6.45, 7) is 12.3. The summed E-state index contributed by atoms with van der Waals surface area (Å²) in [7, 11) is 0. The van der Waals surface area contributed by atoms with Gasteiger partial charge in [-0.15, -0.1) is 0 Å². The Morgan fingerprint density at radius 2 is 1.23 bits per heavy atom. The number of urea groups is 1. The van der Waals surface area contributed by atoms with Crippen LogP contribution >= 0.6 is 77.2 Å². The molecule has 0 saturated carbocycles. The lowest BCUT2D eigenvalue weighted by atomic mass is 10.1. The highest BCUT2D eigenvalue weighted by atomic mass is 35.5. The first kappa shape index (κ1) is 67.6. The van der Waals surface area contributed by atoms with Gasteiger partial charge in [0.1, 0.15) is 48.6 Å². The molecule has 456 valence electrons. The molecular weight excluding hydrogens is 1230 g/mol.